The molecular formula is C13H16FN5. The molecule has 2 atom stereocenters. The highest BCUT2D eigenvalue weighted by Gasteiger charge is 2.24. The summed E-state index contributed by atoms with van der Waals surface area (Å²) in [6.07, 6.45) is 6.94. The van der Waals surface area contributed by atoms with Crippen LogP contribution in [0.25, 0.3) is 11.1 Å². The maximum absolute atomic E-state index is 13.7. The van der Waals surface area contributed by atoms with E-state index in [0.717, 1.165) is 29.8 Å². The van der Waals surface area contributed by atoms with Crippen molar-refractivity contribution in [2.24, 2.45) is 0 Å². The van der Waals surface area contributed by atoms with E-state index >= 15 is 0 Å². The number of rotatable bonds is 3. The van der Waals surface area contributed by atoms with Crippen LogP contribution in [0.15, 0.2) is 30.9 Å². The number of halogens is 1. The molecule has 3 rings (SSSR count). The number of pyridine rings is 1. The van der Waals surface area contributed by atoms with Crippen LogP contribution in [0.3, 0.4) is 0 Å². The molecule has 1 aliphatic rings. The van der Waals surface area contributed by atoms with Gasteiger partial charge in [0.2, 0.25) is 0 Å². The van der Waals surface area contributed by atoms with Gasteiger partial charge in [0.25, 0.3) is 0 Å². The van der Waals surface area contributed by atoms with Gasteiger partial charge in [-0.1, -0.05) is 0 Å². The highest BCUT2D eigenvalue weighted by Crippen LogP contribution is 2.22. The van der Waals surface area contributed by atoms with Crippen LogP contribution in [-0.4, -0.2) is 40.5 Å². The van der Waals surface area contributed by atoms with Gasteiger partial charge in [-0.25, -0.2) is 4.39 Å². The van der Waals surface area contributed by atoms with Gasteiger partial charge in [-0.3, -0.25) is 10.1 Å². The Bertz CT molecular complexity index is 528. The van der Waals surface area contributed by atoms with E-state index in [1.54, 1.807) is 18.6 Å². The summed E-state index contributed by atoms with van der Waals surface area (Å²) in [5.74, 6) is 0. The van der Waals surface area contributed by atoms with Crippen LogP contribution in [0, 0.1) is 0 Å². The van der Waals surface area contributed by atoms with E-state index in [1.165, 1.54) is 0 Å². The fourth-order valence-corrected chi connectivity index (χ4v) is 2.28. The molecule has 3 N–H and O–H groups in total. The van der Waals surface area contributed by atoms with E-state index < -0.39 is 6.17 Å². The van der Waals surface area contributed by atoms with E-state index in [0.29, 0.717) is 6.54 Å². The van der Waals surface area contributed by atoms with Gasteiger partial charge < -0.3 is 10.6 Å². The monoisotopic (exact) mass is 261 g/mol. The highest BCUT2D eigenvalue weighted by atomic mass is 19.1. The molecule has 0 radical (unpaired) electrons. The van der Waals surface area contributed by atoms with Crippen LogP contribution < -0.4 is 10.6 Å². The van der Waals surface area contributed by atoms with Gasteiger partial charge in [0, 0.05) is 36.3 Å². The first-order valence-electron chi connectivity index (χ1n) is 6.38. The summed E-state index contributed by atoms with van der Waals surface area (Å²) in [6.45, 7) is 1.25. The second-order valence-corrected chi connectivity index (χ2v) is 4.71. The van der Waals surface area contributed by atoms with Crippen molar-refractivity contribution in [2.45, 2.75) is 18.6 Å². The number of aromatic amines is 1. The summed E-state index contributed by atoms with van der Waals surface area (Å²) in [6, 6.07) is 1.81. The Morgan fingerprint density at radius 3 is 3.00 bits per heavy atom. The molecular weight excluding hydrogens is 245 g/mol. The molecule has 0 aliphatic carbocycles. The number of nitrogens with zero attached hydrogens (tertiary/aromatic N) is 2. The number of aromatic nitrogens is 3. The van der Waals surface area contributed by atoms with Crippen molar-refractivity contribution in [2.75, 3.05) is 18.4 Å². The molecule has 1 aliphatic heterocycles. The lowest BCUT2D eigenvalue weighted by atomic mass is 10.0. The van der Waals surface area contributed by atoms with Gasteiger partial charge in [-0.2, -0.15) is 5.10 Å². The molecule has 1 fully saturated rings. The predicted octanol–water partition coefficient (Wildman–Crippen LogP) is 1.58. The van der Waals surface area contributed by atoms with Crippen LogP contribution in [0.1, 0.15) is 6.42 Å². The van der Waals surface area contributed by atoms with Gasteiger partial charge >= 0.3 is 0 Å². The molecule has 6 heteroatoms. The zero-order chi connectivity index (χ0) is 13.1. The first kappa shape index (κ1) is 12.1. The van der Waals surface area contributed by atoms with Gasteiger partial charge in [-0.15, -0.1) is 0 Å². The van der Waals surface area contributed by atoms with E-state index in [-0.39, 0.29) is 6.04 Å². The van der Waals surface area contributed by atoms with E-state index in [9.17, 15) is 4.39 Å². The van der Waals surface area contributed by atoms with Crippen LogP contribution in [0.4, 0.5) is 10.1 Å². The van der Waals surface area contributed by atoms with Gasteiger partial charge in [0.1, 0.15) is 6.17 Å². The standard InChI is InChI=1S/C13H16FN5/c14-12-8-15-2-1-13(12)19-11-3-9(4-16-7-11)10-5-17-18-6-10/h3-7,12-13,15,19H,1-2,8H2,(H,17,18). The Morgan fingerprint density at radius 2 is 2.21 bits per heavy atom. The zero-order valence-corrected chi connectivity index (χ0v) is 10.4. The zero-order valence-electron chi connectivity index (χ0n) is 10.4. The number of nitrogens with one attached hydrogen (secondary N) is 3. The minimum Gasteiger partial charge on any atom is -0.378 e. The van der Waals surface area contributed by atoms with E-state index in [1.807, 2.05) is 12.3 Å². The number of anilines is 1. The van der Waals surface area contributed by atoms with Crippen molar-refractivity contribution < 1.29 is 4.39 Å². The van der Waals surface area contributed by atoms with E-state index in [2.05, 4.69) is 25.8 Å². The lowest BCUT2D eigenvalue weighted by Gasteiger charge is -2.28. The molecule has 3 heterocycles. The Hall–Kier alpha value is -1.95. The Balaban J connectivity index is 1.76. The highest BCUT2D eigenvalue weighted by molar-refractivity contribution is 5.65. The molecule has 0 amide bonds. The van der Waals surface area contributed by atoms with Crippen molar-refractivity contribution in [1.82, 2.24) is 20.5 Å². The summed E-state index contributed by atoms with van der Waals surface area (Å²) in [7, 11) is 0. The summed E-state index contributed by atoms with van der Waals surface area (Å²) in [5, 5.41) is 13.0. The summed E-state index contributed by atoms with van der Waals surface area (Å²) >= 11 is 0. The van der Waals surface area contributed by atoms with Crippen molar-refractivity contribution in [1.29, 1.82) is 0 Å². The molecule has 0 bridgehead atoms. The topological polar surface area (TPSA) is 65.6 Å². The predicted molar refractivity (Wildman–Crippen MR) is 71.6 cm³/mol. The lowest BCUT2D eigenvalue weighted by Crippen LogP contribution is -2.45. The first-order valence-corrected chi connectivity index (χ1v) is 6.38. The Morgan fingerprint density at radius 1 is 1.26 bits per heavy atom. The molecule has 1 saturated heterocycles. The van der Waals surface area contributed by atoms with Gasteiger partial charge in [0.05, 0.1) is 17.9 Å². The molecule has 2 unspecified atom stereocenters. The van der Waals surface area contributed by atoms with Crippen LogP contribution in [-0.2, 0) is 0 Å². The van der Waals surface area contributed by atoms with Crippen molar-refractivity contribution in [3.63, 3.8) is 0 Å². The molecule has 2 aromatic heterocycles. The maximum atomic E-state index is 13.7. The minimum atomic E-state index is -0.869. The summed E-state index contributed by atoms with van der Waals surface area (Å²) in [4.78, 5) is 4.19. The van der Waals surface area contributed by atoms with Crippen molar-refractivity contribution >= 4 is 5.69 Å². The van der Waals surface area contributed by atoms with Crippen LogP contribution >= 0.6 is 0 Å². The first-order chi connectivity index (χ1) is 9.33. The fourth-order valence-electron chi connectivity index (χ4n) is 2.28. The maximum Gasteiger partial charge on any atom is 0.132 e. The average molecular weight is 261 g/mol. The van der Waals surface area contributed by atoms with Crippen molar-refractivity contribution in [3.05, 3.63) is 30.9 Å². The molecule has 19 heavy (non-hydrogen) atoms. The van der Waals surface area contributed by atoms with Gasteiger partial charge in [-0.05, 0) is 19.0 Å². The molecule has 0 spiro atoms. The smallest absolute Gasteiger partial charge is 0.132 e. The normalized spacial score (nSPS) is 23.2. The third kappa shape index (κ3) is 2.73. The second kappa shape index (κ2) is 5.36. The number of H-pyrrole nitrogens is 1. The SMILES string of the molecule is FC1CNCCC1Nc1cncc(-c2cn[nH]c2)c1. The van der Waals surface area contributed by atoms with E-state index in [4.69, 9.17) is 0 Å². The summed E-state index contributed by atoms with van der Waals surface area (Å²) in [5.41, 5.74) is 2.77. The largest absolute Gasteiger partial charge is 0.378 e. The molecule has 100 valence electrons. The average Bonchev–Trinajstić information content (AvgIpc) is 2.96. The number of hydrogen-bond acceptors (Lipinski definition) is 4. The fraction of sp³-hybridized carbons (Fsp3) is 0.385. The Kier molecular flexibility index (Phi) is 3.41. The third-order valence-corrected chi connectivity index (χ3v) is 3.33. The minimum absolute atomic E-state index is 0.150. The number of alkyl halides is 1. The van der Waals surface area contributed by atoms with Crippen LogP contribution in [0.2, 0.25) is 0 Å². The van der Waals surface area contributed by atoms with Gasteiger partial charge in [0.15, 0.2) is 0 Å². The molecule has 2 aromatic rings. The second-order valence-electron chi connectivity index (χ2n) is 4.71. The Labute approximate surface area is 110 Å². The molecule has 5 nitrogen and oxygen atoms in total. The summed E-state index contributed by atoms with van der Waals surface area (Å²) < 4.78 is 13.7. The van der Waals surface area contributed by atoms with Crippen LogP contribution in [0.5, 0.6) is 0 Å². The number of piperidine rings is 1. The quantitative estimate of drug-likeness (QED) is 0.785. The van der Waals surface area contributed by atoms with Crippen molar-refractivity contribution in [3.8, 4) is 11.1 Å². The lowest BCUT2D eigenvalue weighted by molar-refractivity contribution is 0.245. The third-order valence-electron chi connectivity index (χ3n) is 3.33. The molecule has 0 saturated carbocycles. The number of hydrogen-bond donors (Lipinski definition) is 3. The molecule has 0 aromatic carbocycles.